The number of nitrogens with zero attached hydrogens (tertiary/aromatic N) is 2. The summed E-state index contributed by atoms with van der Waals surface area (Å²) in [5.41, 5.74) is 2.53. The van der Waals surface area contributed by atoms with Crippen molar-refractivity contribution in [3.63, 3.8) is 0 Å². The largest absolute Gasteiger partial charge is 0.350 e. The van der Waals surface area contributed by atoms with Crippen molar-refractivity contribution in [1.82, 2.24) is 20.2 Å². The molecule has 0 saturated heterocycles. The van der Waals surface area contributed by atoms with Gasteiger partial charge in [-0.3, -0.25) is 14.6 Å². The lowest BCUT2D eigenvalue weighted by atomic mass is 10.3. The molecule has 0 radical (unpaired) electrons. The van der Waals surface area contributed by atoms with Gasteiger partial charge in [-0.1, -0.05) is 0 Å². The number of thiophene rings is 1. The van der Waals surface area contributed by atoms with Gasteiger partial charge < -0.3 is 15.2 Å². The molecule has 0 saturated carbocycles. The van der Waals surface area contributed by atoms with Crippen molar-refractivity contribution in [2.75, 3.05) is 6.54 Å². The van der Waals surface area contributed by atoms with Crippen molar-refractivity contribution >= 4 is 33.4 Å². The Kier molecular flexibility index (Phi) is 4.38. The average Bonchev–Trinajstić information content (AvgIpc) is 3.15. The molecule has 0 aliphatic rings. The molecule has 0 spiro atoms. The van der Waals surface area contributed by atoms with Crippen LogP contribution in [0.5, 0.6) is 0 Å². The van der Waals surface area contributed by atoms with Gasteiger partial charge in [0.15, 0.2) is 0 Å². The molecule has 0 atom stereocenters. The summed E-state index contributed by atoms with van der Waals surface area (Å²) in [6.45, 7) is 0.361. The van der Waals surface area contributed by atoms with Gasteiger partial charge in [0, 0.05) is 26.0 Å². The van der Waals surface area contributed by atoms with Gasteiger partial charge in [0.2, 0.25) is 5.91 Å². The highest BCUT2D eigenvalue weighted by atomic mass is 32.1. The number of aryl methyl sites for hydroxylation is 1. The zero-order valence-corrected chi connectivity index (χ0v) is 13.4. The van der Waals surface area contributed by atoms with Crippen LogP contribution in [0.2, 0.25) is 0 Å². The minimum atomic E-state index is -0.255. The molecule has 118 valence electrons. The summed E-state index contributed by atoms with van der Waals surface area (Å²) in [4.78, 5) is 27.9. The lowest BCUT2D eigenvalue weighted by molar-refractivity contribution is -0.120. The first-order valence-corrected chi connectivity index (χ1v) is 8.00. The van der Waals surface area contributed by atoms with E-state index in [2.05, 4.69) is 15.6 Å². The number of carbonyl (C=O) groups excluding carboxylic acids is 2. The van der Waals surface area contributed by atoms with Gasteiger partial charge in [-0.15, -0.1) is 11.3 Å². The van der Waals surface area contributed by atoms with Gasteiger partial charge in [0.25, 0.3) is 5.91 Å². The van der Waals surface area contributed by atoms with Crippen LogP contribution >= 0.6 is 11.3 Å². The lowest BCUT2D eigenvalue weighted by Crippen LogP contribution is -2.37. The molecule has 2 N–H and O–H groups in total. The average molecular weight is 328 g/mol. The molecular formula is C16H16N4O2S. The molecule has 3 heterocycles. The summed E-state index contributed by atoms with van der Waals surface area (Å²) >= 11 is 1.58. The quantitative estimate of drug-likeness (QED) is 0.748. The second kappa shape index (κ2) is 6.62. The van der Waals surface area contributed by atoms with Crippen molar-refractivity contribution in [2.24, 2.45) is 7.05 Å². The third kappa shape index (κ3) is 3.40. The summed E-state index contributed by atoms with van der Waals surface area (Å²) in [6, 6.07) is 7.47. The van der Waals surface area contributed by atoms with Crippen LogP contribution in [0.4, 0.5) is 0 Å². The fourth-order valence-electron chi connectivity index (χ4n) is 2.28. The molecule has 2 amide bonds. The van der Waals surface area contributed by atoms with Crippen LogP contribution in [0.25, 0.3) is 10.2 Å². The standard InChI is InChI=1S/C16H16N4O2S/c1-20-12-4-7-23-14(12)8-13(20)16(22)19-10-15(21)18-9-11-2-5-17-6-3-11/h2-8H,9-10H2,1H3,(H,18,21)(H,19,22). The predicted molar refractivity (Wildman–Crippen MR) is 89.2 cm³/mol. The number of pyridine rings is 1. The van der Waals surface area contributed by atoms with E-state index in [1.165, 1.54) is 0 Å². The van der Waals surface area contributed by atoms with Gasteiger partial charge in [-0.05, 0) is 35.2 Å². The summed E-state index contributed by atoms with van der Waals surface area (Å²) in [6.07, 6.45) is 3.34. The Labute approximate surface area is 137 Å². The maximum atomic E-state index is 12.2. The predicted octanol–water partition coefficient (Wildman–Crippen LogP) is 1.68. The van der Waals surface area contributed by atoms with E-state index >= 15 is 0 Å². The van der Waals surface area contributed by atoms with Gasteiger partial charge in [-0.2, -0.15) is 0 Å². The monoisotopic (exact) mass is 328 g/mol. The first kappa shape index (κ1) is 15.2. The highest BCUT2D eigenvalue weighted by Gasteiger charge is 2.14. The number of amides is 2. The zero-order valence-electron chi connectivity index (χ0n) is 12.6. The van der Waals surface area contributed by atoms with E-state index in [-0.39, 0.29) is 18.4 Å². The van der Waals surface area contributed by atoms with Crippen molar-refractivity contribution < 1.29 is 9.59 Å². The van der Waals surface area contributed by atoms with Crippen LogP contribution < -0.4 is 10.6 Å². The van der Waals surface area contributed by atoms with Crippen molar-refractivity contribution in [3.05, 3.63) is 53.3 Å². The van der Waals surface area contributed by atoms with E-state index < -0.39 is 0 Å². The molecule has 7 heteroatoms. The molecule has 0 aliphatic carbocycles. The SMILES string of the molecule is Cn1c(C(=O)NCC(=O)NCc2ccncc2)cc2sccc21. The van der Waals surface area contributed by atoms with E-state index in [1.807, 2.05) is 41.3 Å². The summed E-state index contributed by atoms with van der Waals surface area (Å²) in [7, 11) is 1.84. The first-order chi connectivity index (χ1) is 11.1. The Balaban J connectivity index is 1.53. The van der Waals surface area contributed by atoms with E-state index in [0.29, 0.717) is 12.2 Å². The number of rotatable bonds is 5. The fraction of sp³-hybridized carbons (Fsp3) is 0.188. The van der Waals surface area contributed by atoms with Gasteiger partial charge >= 0.3 is 0 Å². The van der Waals surface area contributed by atoms with Gasteiger partial charge in [-0.25, -0.2) is 0 Å². The minimum Gasteiger partial charge on any atom is -0.350 e. The van der Waals surface area contributed by atoms with Crippen LogP contribution in [0, 0.1) is 0 Å². The van der Waals surface area contributed by atoms with Crippen LogP contribution in [0.3, 0.4) is 0 Å². The Morgan fingerprint density at radius 3 is 2.74 bits per heavy atom. The number of carbonyl (C=O) groups is 2. The maximum absolute atomic E-state index is 12.2. The summed E-state index contributed by atoms with van der Waals surface area (Å²) < 4.78 is 2.88. The van der Waals surface area contributed by atoms with Gasteiger partial charge in [0.1, 0.15) is 5.69 Å². The smallest absolute Gasteiger partial charge is 0.268 e. The molecule has 0 aromatic carbocycles. The Morgan fingerprint density at radius 2 is 2.00 bits per heavy atom. The zero-order chi connectivity index (χ0) is 16.2. The molecule has 3 rings (SSSR count). The Bertz CT molecular complexity index is 838. The molecule has 23 heavy (non-hydrogen) atoms. The van der Waals surface area contributed by atoms with Crippen molar-refractivity contribution in [3.8, 4) is 0 Å². The number of aromatic nitrogens is 2. The topological polar surface area (TPSA) is 76.0 Å². The molecule has 3 aromatic rings. The van der Waals surface area contributed by atoms with Crippen LogP contribution in [-0.4, -0.2) is 27.9 Å². The molecule has 3 aromatic heterocycles. The summed E-state index contributed by atoms with van der Waals surface area (Å²) in [5.74, 6) is -0.485. The van der Waals surface area contributed by atoms with Gasteiger partial charge in [0.05, 0.1) is 16.8 Å². The number of hydrogen-bond acceptors (Lipinski definition) is 4. The molecule has 0 unspecified atom stereocenters. The summed E-state index contributed by atoms with van der Waals surface area (Å²) in [5, 5.41) is 7.39. The highest BCUT2D eigenvalue weighted by Crippen LogP contribution is 2.23. The minimum absolute atomic E-state index is 0.0528. The Hall–Kier alpha value is -2.67. The highest BCUT2D eigenvalue weighted by molar-refractivity contribution is 7.17. The third-order valence-corrected chi connectivity index (χ3v) is 4.40. The molecular weight excluding hydrogens is 312 g/mol. The number of nitrogens with one attached hydrogen (secondary N) is 2. The van der Waals surface area contributed by atoms with Crippen molar-refractivity contribution in [1.29, 1.82) is 0 Å². The van der Waals surface area contributed by atoms with E-state index in [1.54, 1.807) is 23.7 Å². The molecule has 6 nitrogen and oxygen atoms in total. The third-order valence-electron chi connectivity index (χ3n) is 3.55. The fourth-order valence-corrected chi connectivity index (χ4v) is 3.13. The lowest BCUT2D eigenvalue weighted by Gasteiger charge is -2.07. The van der Waals surface area contributed by atoms with E-state index in [0.717, 1.165) is 15.8 Å². The van der Waals surface area contributed by atoms with Crippen LogP contribution in [-0.2, 0) is 18.4 Å². The Morgan fingerprint density at radius 1 is 1.22 bits per heavy atom. The second-order valence-electron chi connectivity index (χ2n) is 5.07. The molecule has 0 bridgehead atoms. The number of hydrogen-bond donors (Lipinski definition) is 2. The van der Waals surface area contributed by atoms with Crippen LogP contribution in [0.15, 0.2) is 42.0 Å². The maximum Gasteiger partial charge on any atom is 0.268 e. The second-order valence-corrected chi connectivity index (χ2v) is 6.02. The van der Waals surface area contributed by atoms with Crippen molar-refractivity contribution in [2.45, 2.75) is 6.54 Å². The first-order valence-electron chi connectivity index (χ1n) is 7.12. The molecule has 0 fully saturated rings. The number of fused-ring (bicyclic) bond motifs is 1. The molecule has 0 aliphatic heterocycles. The van der Waals surface area contributed by atoms with E-state index in [9.17, 15) is 9.59 Å². The normalized spacial score (nSPS) is 10.7. The van der Waals surface area contributed by atoms with Crippen LogP contribution in [0.1, 0.15) is 16.1 Å². The van der Waals surface area contributed by atoms with E-state index in [4.69, 9.17) is 0 Å².